The van der Waals surface area contributed by atoms with Gasteiger partial charge >= 0.3 is 0 Å². The Morgan fingerprint density at radius 3 is 1.87 bits per heavy atom. The van der Waals surface area contributed by atoms with E-state index in [0.717, 1.165) is 36.0 Å². The van der Waals surface area contributed by atoms with Crippen LogP contribution in [0.5, 0.6) is 23.0 Å². The van der Waals surface area contributed by atoms with E-state index in [0.29, 0.717) is 82.4 Å². The fourth-order valence-corrected chi connectivity index (χ4v) is 7.46. The Morgan fingerprint density at radius 2 is 1.26 bits per heavy atom. The molecule has 0 saturated carbocycles. The highest BCUT2D eigenvalue weighted by Crippen LogP contribution is 2.37. The average molecular weight is 959 g/mol. The lowest BCUT2D eigenvalue weighted by atomic mass is 10.2. The zero-order valence-electron chi connectivity index (χ0n) is 41.2. The molecule has 0 unspecified atom stereocenters. The number of hydrogen-bond donors (Lipinski definition) is 2. The van der Waals surface area contributed by atoms with Crippen LogP contribution in [0.3, 0.4) is 0 Å². The number of fused-ring (bicyclic) bond motifs is 2. The van der Waals surface area contributed by atoms with E-state index < -0.39 is 11.6 Å². The van der Waals surface area contributed by atoms with Gasteiger partial charge in [0.1, 0.15) is 39.5 Å². The number of rotatable bonds is 19. The fraction of sp³-hybridized carbons (Fsp3) is 0.360. The number of aromatic nitrogens is 10. The molecule has 0 aliphatic carbocycles. The summed E-state index contributed by atoms with van der Waals surface area (Å²) >= 11 is 0. The maximum absolute atomic E-state index is 15.4. The van der Waals surface area contributed by atoms with Crippen molar-refractivity contribution in [2.24, 2.45) is 19.1 Å². The number of methoxy groups -OCH3 is 4. The highest BCUT2D eigenvalue weighted by atomic mass is 19.1. The molecule has 0 saturated heterocycles. The first-order chi connectivity index (χ1) is 33.8. The Morgan fingerprint density at radius 1 is 0.657 bits per heavy atom. The SMILES string of the molecule is COc1cc(N=c2ccc3ncc(-c4cnn(C)c4)nc3n2CCCCNC(C)C)c(F)c(OC)c1.COc1cc(OC)c(F)c(N(CCNC(C)C)c2ccc3ncc(-c4cnn(C)c4)nc3n2)c1. The Hall–Kier alpha value is -7.58. The summed E-state index contributed by atoms with van der Waals surface area (Å²) < 4.78 is 57.1. The number of pyridine rings is 2. The molecular weight excluding hydrogens is 899 g/mol. The van der Waals surface area contributed by atoms with Crippen molar-refractivity contribution in [3.63, 3.8) is 0 Å². The van der Waals surface area contributed by atoms with Crippen molar-refractivity contribution in [2.75, 3.05) is 53.0 Å². The largest absolute Gasteiger partial charge is 0.497 e. The summed E-state index contributed by atoms with van der Waals surface area (Å²) in [6, 6.07) is 14.2. The van der Waals surface area contributed by atoms with Crippen molar-refractivity contribution < 1.29 is 27.7 Å². The van der Waals surface area contributed by atoms with Gasteiger partial charge < -0.3 is 39.0 Å². The van der Waals surface area contributed by atoms with Crippen LogP contribution in [-0.2, 0) is 20.6 Å². The molecule has 0 radical (unpaired) electrons. The average Bonchev–Trinajstić information content (AvgIpc) is 4.01. The number of halogens is 2. The number of benzene rings is 2. The summed E-state index contributed by atoms with van der Waals surface area (Å²) in [6.07, 6.45) is 12.5. The minimum Gasteiger partial charge on any atom is -0.497 e. The molecular formula is C50H60F2N14O4. The van der Waals surface area contributed by atoms with Gasteiger partial charge in [-0.2, -0.15) is 10.2 Å². The number of hydrogen-bond acceptors (Lipinski definition) is 15. The van der Waals surface area contributed by atoms with Crippen LogP contribution in [0.2, 0.25) is 0 Å². The molecule has 18 nitrogen and oxygen atoms in total. The van der Waals surface area contributed by atoms with E-state index in [9.17, 15) is 0 Å². The van der Waals surface area contributed by atoms with Crippen LogP contribution in [0, 0.1) is 11.6 Å². The van der Waals surface area contributed by atoms with Gasteiger partial charge in [0.2, 0.25) is 0 Å². The summed E-state index contributed by atoms with van der Waals surface area (Å²) in [6.45, 7) is 11.0. The molecule has 8 aromatic rings. The van der Waals surface area contributed by atoms with Crippen LogP contribution in [-0.4, -0.2) is 109 Å². The summed E-state index contributed by atoms with van der Waals surface area (Å²) in [5.41, 5.74) is 6.54. The molecule has 20 heteroatoms. The second-order valence-electron chi connectivity index (χ2n) is 16.9. The van der Waals surface area contributed by atoms with Gasteiger partial charge in [0.05, 0.1) is 70.3 Å². The molecule has 6 heterocycles. The monoisotopic (exact) mass is 958 g/mol. The van der Waals surface area contributed by atoms with Crippen molar-refractivity contribution in [2.45, 2.75) is 59.2 Å². The Kier molecular flexibility index (Phi) is 16.6. The molecule has 0 aliphatic rings. The zero-order valence-corrected chi connectivity index (χ0v) is 41.2. The lowest BCUT2D eigenvalue weighted by molar-refractivity contribution is 0.374. The molecule has 368 valence electrons. The lowest BCUT2D eigenvalue weighted by Gasteiger charge is -2.26. The quantitative estimate of drug-likeness (QED) is 0.0752. The van der Waals surface area contributed by atoms with Crippen molar-refractivity contribution in [1.82, 2.24) is 59.7 Å². The predicted octanol–water partition coefficient (Wildman–Crippen LogP) is 7.72. The molecule has 0 fully saturated rings. The van der Waals surface area contributed by atoms with Crippen molar-refractivity contribution in [3.8, 4) is 45.5 Å². The number of nitrogens with one attached hydrogen (secondary N) is 2. The van der Waals surface area contributed by atoms with Crippen LogP contribution in [0.15, 0.2) is 90.7 Å². The molecule has 2 aromatic carbocycles. The third kappa shape index (κ3) is 12.2. The topological polar surface area (TPSA) is 182 Å². The number of aryl methyl sites for hydroxylation is 3. The molecule has 0 bridgehead atoms. The van der Waals surface area contributed by atoms with Crippen molar-refractivity contribution >= 4 is 39.5 Å². The minimum atomic E-state index is -0.554. The zero-order chi connectivity index (χ0) is 49.9. The van der Waals surface area contributed by atoms with E-state index in [1.807, 2.05) is 55.3 Å². The van der Waals surface area contributed by atoms with Crippen LogP contribution >= 0.6 is 0 Å². The molecule has 0 amide bonds. The Bertz CT molecular complexity index is 3120. The Labute approximate surface area is 405 Å². The number of unbranched alkanes of at least 4 members (excludes halogenated alkanes) is 1. The van der Waals surface area contributed by atoms with E-state index in [-0.39, 0.29) is 23.2 Å². The predicted molar refractivity (Wildman–Crippen MR) is 266 cm³/mol. The van der Waals surface area contributed by atoms with E-state index in [2.05, 4.69) is 68.5 Å². The first-order valence-electron chi connectivity index (χ1n) is 22.9. The second-order valence-corrected chi connectivity index (χ2v) is 16.9. The van der Waals surface area contributed by atoms with Crippen LogP contribution < -0.4 is 40.0 Å². The summed E-state index contributed by atoms with van der Waals surface area (Å²) in [4.78, 5) is 29.9. The van der Waals surface area contributed by atoms with Gasteiger partial charge in [-0.3, -0.25) is 19.3 Å². The lowest BCUT2D eigenvalue weighted by Crippen LogP contribution is -2.33. The van der Waals surface area contributed by atoms with Gasteiger partial charge in [-0.1, -0.05) is 27.7 Å². The first kappa shape index (κ1) is 50.3. The summed E-state index contributed by atoms with van der Waals surface area (Å²) in [7, 11) is 9.60. The standard InChI is InChI=1S/C26H32FN7O2.C24H28FN7O2/c1-17(2)28-10-6-7-11-34-24(31-21-12-19(35-4)13-23(36-5)25(21)27)9-8-20-26(34)32-22(15-29-20)18-14-30-33(3)16-18;1-15(2)26-8-9-32(20-10-17(33-4)11-21(34-5)23(20)25)22-7-6-18-24(30-22)29-19(13-27-18)16-12-28-31(3)14-16/h8-9,12-17,28H,6-7,10-11H2,1-5H3;6-7,10-15,26H,8-9H2,1-5H3. The van der Waals surface area contributed by atoms with Crippen molar-refractivity contribution in [3.05, 3.63) is 103 Å². The highest BCUT2D eigenvalue weighted by molar-refractivity contribution is 5.77. The summed E-state index contributed by atoms with van der Waals surface area (Å²) in [5.74, 6) is 0.581. The van der Waals surface area contributed by atoms with Crippen LogP contribution in [0.25, 0.3) is 44.8 Å². The molecule has 6 aromatic heterocycles. The van der Waals surface area contributed by atoms with Crippen LogP contribution in [0.4, 0.5) is 26.0 Å². The second kappa shape index (κ2) is 23.1. The fourth-order valence-electron chi connectivity index (χ4n) is 7.46. The molecule has 0 aliphatic heterocycles. The van der Waals surface area contributed by atoms with Gasteiger partial charge in [-0.05, 0) is 43.7 Å². The normalized spacial score (nSPS) is 11.7. The third-order valence-corrected chi connectivity index (χ3v) is 11.0. The van der Waals surface area contributed by atoms with E-state index >= 15 is 8.78 Å². The van der Waals surface area contributed by atoms with E-state index in [1.54, 1.807) is 51.2 Å². The number of ether oxygens (including phenoxy) is 4. The third-order valence-electron chi connectivity index (χ3n) is 11.0. The van der Waals surface area contributed by atoms with Gasteiger partial charge in [0.25, 0.3) is 0 Å². The Balaban J connectivity index is 0.000000207. The molecule has 0 atom stereocenters. The first-order valence-corrected chi connectivity index (χ1v) is 22.9. The van der Waals surface area contributed by atoms with Gasteiger partial charge in [-0.15, -0.1) is 0 Å². The minimum absolute atomic E-state index is 0.0684. The van der Waals surface area contributed by atoms with Gasteiger partial charge in [-0.25, -0.2) is 28.7 Å². The van der Waals surface area contributed by atoms with Crippen molar-refractivity contribution in [1.29, 1.82) is 0 Å². The molecule has 2 N–H and O–H groups in total. The van der Waals surface area contributed by atoms with E-state index in [4.69, 9.17) is 28.9 Å². The smallest absolute Gasteiger partial charge is 0.190 e. The molecule has 0 spiro atoms. The molecule has 8 rings (SSSR count). The maximum atomic E-state index is 15.4. The number of nitrogens with zero attached hydrogens (tertiary/aromatic N) is 12. The summed E-state index contributed by atoms with van der Waals surface area (Å²) in [5, 5.41) is 15.3. The maximum Gasteiger partial charge on any atom is 0.190 e. The molecule has 70 heavy (non-hydrogen) atoms. The number of anilines is 2. The highest BCUT2D eigenvalue weighted by Gasteiger charge is 2.22. The van der Waals surface area contributed by atoms with E-state index in [1.165, 1.54) is 40.6 Å². The van der Waals surface area contributed by atoms with Crippen LogP contribution in [0.1, 0.15) is 40.5 Å². The van der Waals surface area contributed by atoms with Gasteiger partial charge in [0.15, 0.2) is 34.4 Å². The van der Waals surface area contributed by atoms with Gasteiger partial charge in [0, 0.05) is 93.6 Å².